The van der Waals surface area contributed by atoms with Crippen molar-refractivity contribution in [3.05, 3.63) is 223 Å². The molecule has 0 atom stereocenters. The fraction of sp³-hybridized carbons (Fsp3) is 0.103. The van der Waals surface area contributed by atoms with Crippen LogP contribution >= 0.6 is 0 Å². The Bertz CT molecular complexity index is 3050. The Hall–Kier alpha value is -7.16. The van der Waals surface area contributed by atoms with E-state index in [9.17, 15) is 0 Å². The number of para-hydroxylation sites is 3. The summed E-state index contributed by atoms with van der Waals surface area (Å²) < 4.78 is 0. The van der Waals surface area contributed by atoms with Crippen molar-refractivity contribution in [3.8, 4) is 11.1 Å². The van der Waals surface area contributed by atoms with E-state index in [1.54, 1.807) is 0 Å². The van der Waals surface area contributed by atoms with E-state index in [0.717, 1.165) is 42.7 Å². The highest BCUT2D eigenvalue weighted by atomic mass is 15.2. The molecule has 2 nitrogen and oxygen atoms in total. The van der Waals surface area contributed by atoms with Gasteiger partial charge in [-0.15, -0.1) is 0 Å². The van der Waals surface area contributed by atoms with Crippen molar-refractivity contribution < 1.29 is 0 Å². The van der Waals surface area contributed by atoms with Crippen LogP contribution in [0.4, 0.5) is 28.4 Å². The van der Waals surface area contributed by atoms with Gasteiger partial charge in [0, 0.05) is 34.1 Å². The summed E-state index contributed by atoms with van der Waals surface area (Å²) in [4.78, 5) is 4.91. The Kier molecular flexibility index (Phi) is 9.32. The van der Waals surface area contributed by atoms with Crippen molar-refractivity contribution in [1.29, 1.82) is 0 Å². The van der Waals surface area contributed by atoms with Crippen LogP contribution in [0.25, 0.3) is 55.1 Å². The molecule has 0 N–H and O–H groups in total. The molecule has 2 aliphatic carbocycles. The largest absolute Gasteiger partial charge is 0.315 e. The summed E-state index contributed by atoms with van der Waals surface area (Å²) in [6.07, 6.45) is 11.6. The van der Waals surface area contributed by atoms with Gasteiger partial charge in [-0.3, -0.25) is 0 Å². The number of benzene rings is 9. The molecule has 2 aliphatic rings. The highest BCUT2D eigenvalue weighted by molar-refractivity contribution is 6.21. The van der Waals surface area contributed by atoms with Gasteiger partial charge in [0.25, 0.3) is 0 Å². The van der Waals surface area contributed by atoms with Crippen LogP contribution in [0.3, 0.4) is 0 Å². The second-order valence-corrected chi connectivity index (χ2v) is 16.3. The van der Waals surface area contributed by atoms with Gasteiger partial charge < -0.3 is 9.80 Å². The molecule has 9 aromatic carbocycles. The second kappa shape index (κ2) is 15.5. The molecule has 288 valence electrons. The van der Waals surface area contributed by atoms with Gasteiger partial charge in [-0.2, -0.15) is 0 Å². The first kappa shape index (κ1) is 36.0. The Morgan fingerprint density at radius 3 is 1.63 bits per heavy atom. The summed E-state index contributed by atoms with van der Waals surface area (Å²) in [5, 5.41) is 7.59. The molecule has 2 heteroatoms. The van der Waals surface area contributed by atoms with Crippen molar-refractivity contribution in [3.63, 3.8) is 0 Å². The lowest BCUT2D eigenvalue weighted by Gasteiger charge is -2.31. The maximum atomic E-state index is 2.52. The van der Waals surface area contributed by atoms with Crippen LogP contribution in [-0.2, 0) is 6.42 Å². The van der Waals surface area contributed by atoms with E-state index in [4.69, 9.17) is 0 Å². The third kappa shape index (κ3) is 6.55. The Morgan fingerprint density at radius 1 is 0.367 bits per heavy atom. The SMILES string of the molecule is C1=C(c2c3cc(N(C4=CCCCC4)c4ccccc4)ccc3c(-c3ccc4ccccc4c3)c3cc(N(c4ccccc4)c4ccccc4)ccc23)CCc2ccccc21. The van der Waals surface area contributed by atoms with Gasteiger partial charge in [0.15, 0.2) is 0 Å². The van der Waals surface area contributed by atoms with Crippen molar-refractivity contribution in [1.82, 2.24) is 0 Å². The second-order valence-electron chi connectivity index (χ2n) is 16.3. The molecule has 0 amide bonds. The van der Waals surface area contributed by atoms with Crippen molar-refractivity contribution >= 4 is 72.4 Å². The van der Waals surface area contributed by atoms with E-state index in [0.29, 0.717) is 0 Å². The zero-order chi connectivity index (χ0) is 39.8. The van der Waals surface area contributed by atoms with E-state index >= 15 is 0 Å². The van der Waals surface area contributed by atoms with Gasteiger partial charge in [-0.1, -0.05) is 140 Å². The topological polar surface area (TPSA) is 6.48 Å². The minimum Gasteiger partial charge on any atom is -0.315 e. The van der Waals surface area contributed by atoms with Crippen LogP contribution in [0.2, 0.25) is 0 Å². The summed E-state index contributed by atoms with van der Waals surface area (Å²) in [5.74, 6) is 0. The molecule has 0 saturated heterocycles. The number of fused-ring (bicyclic) bond motifs is 4. The van der Waals surface area contributed by atoms with Gasteiger partial charge in [-0.25, -0.2) is 0 Å². The van der Waals surface area contributed by atoms with Crippen LogP contribution in [0.1, 0.15) is 48.8 Å². The minimum absolute atomic E-state index is 0.982. The first-order valence-corrected chi connectivity index (χ1v) is 21.5. The van der Waals surface area contributed by atoms with Gasteiger partial charge in [0.1, 0.15) is 0 Å². The number of anilines is 5. The van der Waals surface area contributed by atoms with Crippen LogP contribution in [-0.4, -0.2) is 0 Å². The molecule has 0 aliphatic heterocycles. The zero-order valence-electron chi connectivity index (χ0n) is 33.8. The molecule has 0 bridgehead atoms. The maximum Gasteiger partial charge on any atom is 0.0468 e. The summed E-state index contributed by atoms with van der Waals surface area (Å²) in [7, 11) is 0. The summed E-state index contributed by atoms with van der Waals surface area (Å²) in [6, 6.07) is 71.7. The van der Waals surface area contributed by atoms with Crippen LogP contribution in [0, 0.1) is 0 Å². The van der Waals surface area contributed by atoms with Crippen LogP contribution < -0.4 is 9.80 Å². The van der Waals surface area contributed by atoms with Crippen molar-refractivity contribution in [2.45, 2.75) is 38.5 Å². The summed E-state index contributed by atoms with van der Waals surface area (Å²) in [6.45, 7) is 0. The number of nitrogens with zero attached hydrogens (tertiary/aromatic N) is 2. The highest BCUT2D eigenvalue weighted by Crippen LogP contribution is 2.49. The summed E-state index contributed by atoms with van der Waals surface area (Å²) >= 11 is 0. The van der Waals surface area contributed by atoms with E-state index in [2.05, 4.69) is 216 Å². The third-order valence-corrected chi connectivity index (χ3v) is 12.6. The molecule has 0 saturated carbocycles. The molecule has 60 heavy (non-hydrogen) atoms. The number of hydrogen-bond donors (Lipinski definition) is 0. The standard InChI is InChI=1S/C58H46N2/c1-5-21-47(22-6-1)59(48-23-7-2-8-24-48)51-33-35-53-55(39-51)57(45-31-29-41-17-13-15-19-43(41)37-45)54-36-34-52(60(49-25-9-3-10-26-49)50-27-11-4-12-28-50)40-56(54)58(53)46-32-30-42-18-14-16-20-44(42)38-46/h1-3,5-10,13-27,29,31,33-40H,4,11-12,28,30,32H2. The van der Waals surface area contributed by atoms with Gasteiger partial charge in [0.2, 0.25) is 0 Å². The average molecular weight is 771 g/mol. The molecular weight excluding hydrogens is 725 g/mol. The number of aryl methyl sites for hydroxylation is 1. The molecule has 0 radical (unpaired) electrons. The van der Waals surface area contributed by atoms with Crippen molar-refractivity contribution in [2.75, 3.05) is 9.80 Å². The predicted octanol–water partition coefficient (Wildman–Crippen LogP) is 16.4. The molecular formula is C58H46N2. The summed E-state index contributed by atoms with van der Waals surface area (Å²) in [5.41, 5.74) is 15.2. The molecule has 0 fully saturated rings. The molecule has 9 aromatic rings. The van der Waals surface area contributed by atoms with Crippen LogP contribution in [0.5, 0.6) is 0 Å². The van der Waals surface area contributed by atoms with E-state index < -0.39 is 0 Å². The van der Waals surface area contributed by atoms with E-state index in [1.165, 1.54) is 95.6 Å². The lowest BCUT2D eigenvalue weighted by molar-refractivity contribution is 0.691. The van der Waals surface area contributed by atoms with Crippen LogP contribution in [0.15, 0.2) is 206 Å². The van der Waals surface area contributed by atoms with Gasteiger partial charge in [0.05, 0.1) is 0 Å². The lowest BCUT2D eigenvalue weighted by atomic mass is 9.81. The molecule has 0 unspecified atom stereocenters. The third-order valence-electron chi connectivity index (χ3n) is 12.6. The molecule has 0 aromatic heterocycles. The highest BCUT2D eigenvalue weighted by Gasteiger charge is 2.25. The number of hydrogen-bond acceptors (Lipinski definition) is 2. The molecule has 0 spiro atoms. The van der Waals surface area contributed by atoms with E-state index in [-0.39, 0.29) is 0 Å². The predicted molar refractivity (Wildman–Crippen MR) is 257 cm³/mol. The Labute approximate surface area is 353 Å². The fourth-order valence-corrected chi connectivity index (χ4v) is 9.80. The van der Waals surface area contributed by atoms with Gasteiger partial charge in [-0.05, 0) is 171 Å². The lowest BCUT2D eigenvalue weighted by Crippen LogP contribution is -2.18. The molecule has 0 heterocycles. The number of rotatable bonds is 8. The monoisotopic (exact) mass is 770 g/mol. The fourth-order valence-electron chi connectivity index (χ4n) is 9.80. The zero-order valence-corrected chi connectivity index (χ0v) is 33.8. The number of allylic oxidation sites excluding steroid dienone is 3. The van der Waals surface area contributed by atoms with Crippen molar-refractivity contribution in [2.24, 2.45) is 0 Å². The Morgan fingerprint density at radius 2 is 0.950 bits per heavy atom. The first-order valence-electron chi connectivity index (χ1n) is 21.5. The quantitative estimate of drug-likeness (QED) is 0.142. The molecule has 11 rings (SSSR count). The Balaban J connectivity index is 1.24. The van der Waals surface area contributed by atoms with E-state index in [1.807, 2.05) is 0 Å². The minimum atomic E-state index is 0.982. The first-order chi connectivity index (χ1) is 29.8. The maximum absolute atomic E-state index is 2.52. The smallest absolute Gasteiger partial charge is 0.0468 e. The normalized spacial score (nSPS) is 13.8. The van der Waals surface area contributed by atoms with Gasteiger partial charge >= 0.3 is 0 Å². The average Bonchev–Trinajstić information content (AvgIpc) is 3.32.